The molecule has 0 bridgehead atoms. The smallest absolute Gasteiger partial charge is 0.222 e. The molecule has 1 aliphatic heterocycles. The number of amides is 1. The molecule has 128 valence electrons. The first-order valence-electron chi connectivity index (χ1n) is 8.50. The van der Waals surface area contributed by atoms with Crippen molar-refractivity contribution in [3.05, 3.63) is 46.2 Å². The SMILES string of the molecule is Cc1ncsc1CN1CCCN(C(=O)CCc2ccncc2)CC1. The molecule has 0 atom stereocenters. The fourth-order valence-corrected chi connectivity index (χ4v) is 3.84. The van der Waals surface area contributed by atoms with E-state index < -0.39 is 0 Å². The second-order valence-electron chi connectivity index (χ2n) is 6.23. The van der Waals surface area contributed by atoms with Gasteiger partial charge in [0, 0.05) is 56.4 Å². The van der Waals surface area contributed by atoms with Crippen LogP contribution in [0.3, 0.4) is 0 Å². The Morgan fingerprint density at radius 2 is 2.04 bits per heavy atom. The summed E-state index contributed by atoms with van der Waals surface area (Å²) in [5, 5.41) is 0. The summed E-state index contributed by atoms with van der Waals surface area (Å²) in [4.78, 5) is 26.6. The van der Waals surface area contributed by atoms with Crippen molar-refractivity contribution < 1.29 is 4.79 Å². The number of hydrogen-bond acceptors (Lipinski definition) is 5. The van der Waals surface area contributed by atoms with E-state index in [4.69, 9.17) is 0 Å². The Balaban J connectivity index is 1.48. The summed E-state index contributed by atoms with van der Waals surface area (Å²) in [7, 11) is 0. The summed E-state index contributed by atoms with van der Waals surface area (Å²) >= 11 is 1.72. The van der Waals surface area contributed by atoms with Crippen LogP contribution < -0.4 is 0 Å². The fourth-order valence-electron chi connectivity index (χ4n) is 3.02. The van der Waals surface area contributed by atoms with E-state index in [1.165, 1.54) is 10.4 Å². The zero-order valence-electron chi connectivity index (χ0n) is 14.1. The number of pyridine rings is 1. The number of rotatable bonds is 5. The van der Waals surface area contributed by atoms with Gasteiger partial charge < -0.3 is 4.90 Å². The lowest BCUT2D eigenvalue weighted by Crippen LogP contribution is -2.35. The van der Waals surface area contributed by atoms with Crippen LogP contribution in [-0.4, -0.2) is 51.9 Å². The number of carbonyl (C=O) groups is 1. The molecule has 24 heavy (non-hydrogen) atoms. The van der Waals surface area contributed by atoms with Crippen LogP contribution in [0.15, 0.2) is 30.0 Å². The normalized spacial score (nSPS) is 16.1. The Labute approximate surface area is 147 Å². The van der Waals surface area contributed by atoms with E-state index in [1.807, 2.05) is 22.5 Å². The first kappa shape index (κ1) is 17.0. The summed E-state index contributed by atoms with van der Waals surface area (Å²) < 4.78 is 0. The topological polar surface area (TPSA) is 49.3 Å². The zero-order valence-corrected chi connectivity index (χ0v) is 15.0. The minimum absolute atomic E-state index is 0.266. The van der Waals surface area contributed by atoms with Gasteiger partial charge in [-0.15, -0.1) is 11.3 Å². The fraction of sp³-hybridized carbons (Fsp3) is 0.500. The van der Waals surface area contributed by atoms with Crippen LogP contribution in [0.4, 0.5) is 0 Å². The maximum Gasteiger partial charge on any atom is 0.222 e. The largest absolute Gasteiger partial charge is 0.341 e. The summed E-state index contributed by atoms with van der Waals surface area (Å²) in [6.07, 6.45) is 5.98. The number of carbonyl (C=O) groups excluding carboxylic acids is 1. The van der Waals surface area contributed by atoms with Crippen LogP contribution in [0.5, 0.6) is 0 Å². The van der Waals surface area contributed by atoms with Crippen molar-refractivity contribution in [2.75, 3.05) is 26.2 Å². The molecule has 1 saturated heterocycles. The van der Waals surface area contributed by atoms with Crippen LogP contribution in [-0.2, 0) is 17.8 Å². The molecule has 0 spiro atoms. The van der Waals surface area contributed by atoms with E-state index >= 15 is 0 Å². The molecular weight excluding hydrogens is 320 g/mol. The lowest BCUT2D eigenvalue weighted by Gasteiger charge is -2.22. The highest BCUT2D eigenvalue weighted by molar-refractivity contribution is 7.09. The first-order valence-corrected chi connectivity index (χ1v) is 9.38. The predicted molar refractivity (Wildman–Crippen MR) is 95.9 cm³/mol. The van der Waals surface area contributed by atoms with Gasteiger partial charge in [-0.2, -0.15) is 0 Å². The van der Waals surface area contributed by atoms with Gasteiger partial charge in [-0.1, -0.05) is 0 Å². The average molecular weight is 344 g/mol. The number of hydrogen-bond donors (Lipinski definition) is 0. The Bertz CT molecular complexity index is 658. The van der Waals surface area contributed by atoms with Gasteiger partial charge in [0.1, 0.15) is 0 Å². The molecule has 0 unspecified atom stereocenters. The van der Waals surface area contributed by atoms with Crippen LogP contribution in [0.25, 0.3) is 0 Å². The Hall–Kier alpha value is -1.79. The van der Waals surface area contributed by atoms with Crippen molar-refractivity contribution in [1.82, 2.24) is 19.8 Å². The average Bonchev–Trinajstić information content (AvgIpc) is 2.86. The molecule has 2 aromatic heterocycles. The number of aromatic nitrogens is 2. The van der Waals surface area contributed by atoms with Crippen molar-refractivity contribution in [1.29, 1.82) is 0 Å². The molecule has 1 aliphatic rings. The van der Waals surface area contributed by atoms with Crippen molar-refractivity contribution in [2.45, 2.75) is 32.7 Å². The van der Waals surface area contributed by atoms with Crippen molar-refractivity contribution in [2.24, 2.45) is 0 Å². The highest BCUT2D eigenvalue weighted by Crippen LogP contribution is 2.16. The highest BCUT2D eigenvalue weighted by Gasteiger charge is 2.19. The van der Waals surface area contributed by atoms with Gasteiger partial charge in [0.25, 0.3) is 0 Å². The first-order chi connectivity index (χ1) is 11.7. The van der Waals surface area contributed by atoms with E-state index in [1.54, 1.807) is 23.7 Å². The Morgan fingerprint density at radius 1 is 1.21 bits per heavy atom. The van der Waals surface area contributed by atoms with Crippen LogP contribution >= 0.6 is 11.3 Å². The molecule has 1 amide bonds. The molecule has 6 heteroatoms. The maximum absolute atomic E-state index is 12.5. The van der Waals surface area contributed by atoms with Gasteiger partial charge in [0.05, 0.1) is 11.2 Å². The Morgan fingerprint density at radius 3 is 2.79 bits per heavy atom. The number of nitrogens with zero attached hydrogens (tertiary/aromatic N) is 4. The summed E-state index contributed by atoms with van der Waals surface area (Å²) in [6.45, 7) is 6.71. The van der Waals surface area contributed by atoms with Crippen molar-refractivity contribution in [3.8, 4) is 0 Å². The number of aryl methyl sites for hydroxylation is 2. The molecular formula is C18H24N4OS. The summed E-state index contributed by atoms with van der Waals surface area (Å²) in [5.74, 6) is 0.266. The third-order valence-electron chi connectivity index (χ3n) is 4.53. The molecule has 0 saturated carbocycles. The predicted octanol–water partition coefficient (Wildman–Crippen LogP) is 2.51. The van der Waals surface area contributed by atoms with E-state index in [0.29, 0.717) is 6.42 Å². The van der Waals surface area contributed by atoms with Gasteiger partial charge in [0.15, 0.2) is 0 Å². The molecule has 3 heterocycles. The molecule has 0 aliphatic carbocycles. The maximum atomic E-state index is 12.5. The van der Waals surface area contributed by atoms with Crippen LogP contribution in [0.1, 0.15) is 29.0 Å². The van der Waals surface area contributed by atoms with E-state index in [2.05, 4.69) is 21.8 Å². The molecule has 1 fully saturated rings. The molecule has 3 rings (SSSR count). The van der Waals surface area contributed by atoms with Gasteiger partial charge in [0.2, 0.25) is 5.91 Å². The third kappa shape index (κ3) is 4.61. The van der Waals surface area contributed by atoms with Gasteiger partial charge in [-0.25, -0.2) is 4.98 Å². The zero-order chi connectivity index (χ0) is 16.8. The molecule has 0 radical (unpaired) electrons. The molecule has 2 aromatic rings. The monoisotopic (exact) mass is 344 g/mol. The van der Waals surface area contributed by atoms with Gasteiger partial charge in [-0.3, -0.25) is 14.7 Å². The third-order valence-corrected chi connectivity index (χ3v) is 5.45. The summed E-state index contributed by atoms with van der Waals surface area (Å²) in [6, 6.07) is 3.96. The van der Waals surface area contributed by atoms with Gasteiger partial charge in [-0.05, 0) is 37.5 Å². The highest BCUT2D eigenvalue weighted by atomic mass is 32.1. The Kier molecular flexibility index (Phi) is 5.93. The standard InChI is InChI=1S/C18H24N4OS/c1-15-17(24-14-20-15)13-21-9-2-10-22(12-11-21)18(23)4-3-16-5-7-19-8-6-16/h5-8,14H,2-4,9-13H2,1H3. The molecule has 5 nitrogen and oxygen atoms in total. The van der Waals surface area contributed by atoms with E-state index in [-0.39, 0.29) is 5.91 Å². The van der Waals surface area contributed by atoms with Crippen LogP contribution in [0.2, 0.25) is 0 Å². The van der Waals surface area contributed by atoms with Gasteiger partial charge >= 0.3 is 0 Å². The second-order valence-corrected chi connectivity index (χ2v) is 7.17. The number of thiazole rings is 1. The van der Waals surface area contributed by atoms with Crippen LogP contribution in [0, 0.1) is 6.92 Å². The molecule has 0 aromatic carbocycles. The lowest BCUT2D eigenvalue weighted by atomic mass is 10.1. The minimum Gasteiger partial charge on any atom is -0.341 e. The van der Waals surface area contributed by atoms with Crippen molar-refractivity contribution >= 4 is 17.2 Å². The van der Waals surface area contributed by atoms with Crippen molar-refractivity contribution in [3.63, 3.8) is 0 Å². The second kappa shape index (κ2) is 8.35. The lowest BCUT2D eigenvalue weighted by molar-refractivity contribution is -0.131. The van der Waals surface area contributed by atoms with E-state index in [0.717, 1.165) is 51.3 Å². The van der Waals surface area contributed by atoms with E-state index in [9.17, 15) is 4.79 Å². The molecule has 0 N–H and O–H groups in total. The quantitative estimate of drug-likeness (QED) is 0.836. The summed E-state index contributed by atoms with van der Waals surface area (Å²) in [5.41, 5.74) is 4.22. The minimum atomic E-state index is 0.266.